The number of ketones is 1. The topological polar surface area (TPSA) is 73.8 Å². The van der Waals surface area contributed by atoms with Crippen molar-refractivity contribution in [2.75, 3.05) is 0 Å². The number of carbonyl (C=O) groups excluding carboxylic acids is 2. The first-order chi connectivity index (χ1) is 18.1. The lowest BCUT2D eigenvalue weighted by Crippen LogP contribution is -2.15. The van der Waals surface area contributed by atoms with Crippen molar-refractivity contribution in [3.05, 3.63) is 131 Å². The number of hydrogen-bond donors (Lipinski definition) is 1. The minimum atomic E-state index is -0.455. The van der Waals surface area contributed by atoms with Crippen LogP contribution in [-0.2, 0) is 24.2 Å². The normalized spacial score (nSPS) is 10.9. The Morgan fingerprint density at radius 2 is 1.49 bits per heavy atom. The van der Waals surface area contributed by atoms with Crippen LogP contribution in [0.1, 0.15) is 39.7 Å². The molecule has 5 aromatic rings. The molecule has 184 valence electrons. The Hall–Kier alpha value is -4.64. The van der Waals surface area contributed by atoms with Crippen molar-refractivity contribution >= 4 is 17.2 Å². The summed E-state index contributed by atoms with van der Waals surface area (Å²) in [6, 6.07) is 31.1. The molecule has 2 N–H and O–H groups in total. The third-order valence-corrected chi connectivity index (χ3v) is 6.55. The van der Waals surface area contributed by atoms with Crippen molar-refractivity contribution in [2.45, 2.75) is 26.4 Å². The van der Waals surface area contributed by atoms with Gasteiger partial charge in [0, 0.05) is 11.8 Å². The second kappa shape index (κ2) is 10.5. The molecule has 0 unspecified atom stereocenters. The fourth-order valence-corrected chi connectivity index (χ4v) is 4.92. The molecule has 2 aromatic heterocycles. The number of nitrogens with two attached hydrogens (primary N) is 1. The lowest BCUT2D eigenvalue weighted by molar-refractivity contribution is -0.117. The second-order valence-corrected chi connectivity index (χ2v) is 8.91. The molecular weight excluding hydrogens is 460 g/mol. The lowest BCUT2D eigenvalue weighted by Gasteiger charge is -2.12. The van der Waals surface area contributed by atoms with Crippen LogP contribution in [0.2, 0.25) is 0 Å². The third-order valence-electron chi connectivity index (χ3n) is 6.55. The SMILES string of the molecule is CCc1c(CC(N)=O)c2c(OCc3ccccc3)cccn2c1C(=O)c1ccccc1-c1ccccc1. The maximum Gasteiger partial charge on any atom is 0.221 e. The number of aromatic nitrogens is 1. The predicted molar refractivity (Wildman–Crippen MR) is 146 cm³/mol. The number of benzene rings is 3. The first kappa shape index (κ1) is 24.1. The molecule has 0 fully saturated rings. The smallest absolute Gasteiger partial charge is 0.221 e. The van der Waals surface area contributed by atoms with Gasteiger partial charge < -0.3 is 14.9 Å². The van der Waals surface area contributed by atoms with Gasteiger partial charge >= 0.3 is 0 Å². The van der Waals surface area contributed by atoms with Crippen LogP contribution in [0.15, 0.2) is 103 Å². The van der Waals surface area contributed by atoms with Crippen molar-refractivity contribution in [1.29, 1.82) is 0 Å². The summed E-state index contributed by atoms with van der Waals surface area (Å²) in [7, 11) is 0. The summed E-state index contributed by atoms with van der Waals surface area (Å²) in [6.45, 7) is 2.35. The van der Waals surface area contributed by atoms with Crippen LogP contribution in [0.4, 0.5) is 0 Å². The number of pyridine rings is 1. The molecule has 0 aliphatic carbocycles. The van der Waals surface area contributed by atoms with Crippen molar-refractivity contribution in [3.63, 3.8) is 0 Å². The highest BCUT2D eigenvalue weighted by Crippen LogP contribution is 2.35. The highest BCUT2D eigenvalue weighted by molar-refractivity contribution is 6.14. The van der Waals surface area contributed by atoms with Crippen molar-refractivity contribution in [1.82, 2.24) is 4.40 Å². The van der Waals surface area contributed by atoms with E-state index in [1.807, 2.05) is 115 Å². The van der Waals surface area contributed by atoms with E-state index in [0.29, 0.717) is 35.6 Å². The van der Waals surface area contributed by atoms with Gasteiger partial charge in [0.15, 0.2) is 0 Å². The Bertz CT molecular complexity index is 1570. The average Bonchev–Trinajstić information content (AvgIpc) is 3.25. The van der Waals surface area contributed by atoms with Crippen LogP contribution in [0.5, 0.6) is 5.75 Å². The Morgan fingerprint density at radius 3 is 2.19 bits per heavy atom. The number of fused-ring (bicyclic) bond motifs is 1. The lowest BCUT2D eigenvalue weighted by atomic mass is 9.93. The van der Waals surface area contributed by atoms with Gasteiger partial charge in [-0.3, -0.25) is 9.59 Å². The van der Waals surface area contributed by atoms with E-state index in [0.717, 1.165) is 27.8 Å². The molecule has 5 heteroatoms. The van der Waals surface area contributed by atoms with Gasteiger partial charge in [-0.25, -0.2) is 0 Å². The monoisotopic (exact) mass is 488 g/mol. The van der Waals surface area contributed by atoms with Gasteiger partial charge in [-0.2, -0.15) is 0 Å². The van der Waals surface area contributed by atoms with Gasteiger partial charge in [0.25, 0.3) is 0 Å². The van der Waals surface area contributed by atoms with E-state index in [1.54, 1.807) is 0 Å². The largest absolute Gasteiger partial charge is 0.487 e. The number of hydrogen-bond acceptors (Lipinski definition) is 3. The van der Waals surface area contributed by atoms with E-state index < -0.39 is 5.91 Å². The van der Waals surface area contributed by atoms with Crippen molar-refractivity contribution < 1.29 is 14.3 Å². The Kier molecular flexibility index (Phi) is 6.86. The number of ether oxygens (including phenoxy) is 1. The maximum atomic E-state index is 14.2. The predicted octanol–water partition coefficient (Wildman–Crippen LogP) is 6.01. The quantitative estimate of drug-likeness (QED) is 0.258. The molecule has 0 spiro atoms. The summed E-state index contributed by atoms with van der Waals surface area (Å²) in [4.78, 5) is 26.4. The minimum absolute atomic E-state index is 0.0198. The molecule has 5 rings (SSSR count). The average molecular weight is 489 g/mol. The number of nitrogens with zero attached hydrogens (tertiary/aromatic N) is 1. The van der Waals surface area contributed by atoms with Gasteiger partial charge in [0.2, 0.25) is 11.7 Å². The Balaban J connectivity index is 1.68. The fourth-order valence-electron chi connectivity index (χ4n) is 4.92. The molecule has 0 aliphatic heterocycles. The zero-order valence-corrected chi connectivity index (χ0v) is 20.7. The molecule has 0 radical (unpaired) electrons. The van der Waals surface area contributed by atoms with Crippen molar-refractivity contribution in [2.24, 2.45) is 5.73 Å². The molecule has 37 heavy (non-hydrogen) atoms. The standard InChI is InChI=1S/C32H28N2O3/c1-2-24-27(20-29(33)35)30-28(37-21-22-12-5-3-6-13-22)18-11-19-34(30)31(24)32(36)26-17-10-9-16-25(26)23-14-7-4-8-15-23/h3-19H,2,20-21H2,1H3,(H2,33,35). The maximum absolute atomic E-state index is 14.2. The molecular formula is C32H28N2O3. The van der Waals surface area contributed by atoms with Crippen LogP contribution in [-0.4, -0.2) is 16.1 Å². The van der Waals surface area contributed by atoms with Gasteiger partial charge in [0.05, 0.1) is 17.6 Å². The molecule has 0 saturated carbocycles. The van der Waals surface area contributed by atoms with E-state index in [2.05, 4.69) is 0 Å². The Labute approximate surface area is 216 Å². The summed E-state index contributed by atoms with van der Waals surface area (Å²) in [5.41, 5.74) is 11.9. The van der Waals surface area contributed by atoms with Crippen LogP contribution in [0, 0.1) is 0 Å². The molecule has 1 amide bonds. The zero-order valence-electron chi connectivity index (χ0n) is 20.7. The summed E-state index contributed by atoms with van der Waals surface area (Å²) in [5, 5.41) is 0. The van der Waals surface area contributed by atoms with Crippen LogP contribution < -0.4 is 10.5 Å². The third kappa shape index (κ3) is 4.76. The summed E-state index contributed by atoms with van der Waals surface area (Å²) < 4.78 is 8.10. The fraction of sp³-hybridized carbons (Fsp3) is 0.125. The first-order valence-electron chi connectivity index (χ1n) is 12.4. The Morgan fingerprint density at radius 1 is 0.811 bits per heavy atom. The van der Waals surface area contributed by atoms with E-state index in [4.69, 9.17) is 10.5 Å². The number of primary amides is 1. The number of amides is 1. The van der Waals surface area contributed by atoms with E-state index in [1.165, 1.54) is 0 Å². The molecule has 0 aliphatic rings. The van der Waals surface area contributed by atoms with E-state index >= 15 is 0 Å². The molecule has 5 nitrogen and oxygen atoms in total. The number of rotatable bonds is 9. The van der Waals surface area contributed by atoms with Crippen LogP contribution in [0.25, 0.3) is 16.6 Å². The van der Waals surface area contributed by atoms with Gasteiger partial charge in [-0.15, -0.1) is 0 Å². The van der Waals surface area contributed by atoms with Gasteiger partial charge in [-0.05, 0) is 46.4 Å². The second-order valence-electron chi connectivity index (χ2n) is 8.91. The molecule has 3 aromatic carbocycles. The van der Waals surface area contributed by atoms with E-state index in [-0.39, 0.29) is 12.2 Å². The highest BCUT2D eigenvalue weighted by atomic mass is 16.5. The van der Waals surface area contributed by atoms with Crippen molar-refractivity contribution in [3.8, 4) is 16.9 Å². The molecule has 2 heterocycles. The van der Waals surface area contributed by atoms with Crippen LogP contribution in [0.3, 0.4) is 0 Å². The van der Waals surface area contributed by atoms with E-state index in [9.17, 15) is 9.59 Å². The van der Waals surface area contributed by atoms with Crippen LogP contribution >= 0.6 is 0 Å². The first-order valence-corrected chi connectivity index (χ1v) is 12.4. The molecule has 0 saturated heterocycles. The highest BCUT2D eigenvalue weighted by Gasteiger charge is 2.27. The minimum Gasteiger partial charge on any atom is -0.487 e. The summed E-state index contributed by atoms with van der Waals surface area (Å²) in [5.74, 6) is 0.0404. The zero-order chi connectivity index (χ0) is 25.8. The summed E-state index contributed by atoms with van der Waals surface area (Å²) >= 11 is 0. The van der Waals surface area contributed by atoms with Gasteiger partial charge in [0.1, 0.15) is 12.4 Å². The van der Waals surface area contributed by atoms with Gasteiger partial charge in [-0.1, -0.05) is 91.9 Å². The molecule has 0 atom stereocenters. The summed E-state index contributed by atoms with van der Waals surface area (Å²) in [6.07, 6.45) is 2.44. The molecule has 0 bridgehead atoms. The number of carbonyl (C=O) groups is 2.